The average molecular weight is 294 g/mol. The number of halogens is 2. The largest absolute Gasteiger partial charge is 0.402 e. The Morgan fingerprint density at radius 1 is 1.55 bits per heavy atom. The van der Waals surface area contributed by atoms with Crippen molar-refractivity contribution in [3.05, 3.63) is 69.7 Å². The first-order chi connectivity index (χ1) is 9.42. The maximum atomic E-state index is 14.3. The van der Waals surface area contributed by atoms with Crippen molar-refractivity contribution in [2.45, 2.75) is 33.6 Å². The maximum absolute atomic E-state index is 14.3. The summed E-state index contributed by atoms with van der Waals surface area (Å²) >= 11 is 6.21. The standard InChI is InChI=1S/C17H21ClFN/c1-5-15(18)12(4)17(16(19)6-2)14-9-7-8-13(20)10-11(14)3/h6-9H,2,5,10,20H2,1,3-4H3/b15-12+,17-16-. The molecule has 3 heteroatoms. The zero-order valence-corrected chi connectivity index (χ0v) is 13.0. The van der Waals surface area contributed by atoms with E-state index >= 15 is 0 Å². The highest BCUT2D eigenvalue weighted by atomic mass is 35.5. The zero-order chi connectivity index (χ0) is 15.3. The lowest BCUT2D eigenvalue weighted by atomic mass is 9.92. The molecule has 20 heavy (non-hydrogen) atoms. The van der Waals surface area contributed by atoms with Gasteiger partial charge in [0.15, 0.2) is 0 Å². The van der Waals surface area contributed by atoms with Gasteiger partial charge in [-0.3, -0.25) is 0 Å². The van der Waals surface area contributed by atoms with Crippen molar-refractivity contribution in [1.82, 2.24) is 0 Å². The summed E-state index contributed by atoms with van der Waals surface area (Å²) in [4.78, 5) is 0. The molecule has 0 unspecified atom stereocenters. The molecule has 0 aromatic rings. The molecule has 0 aromatic carbocycles. The van der Waals surface area contributed by atoms with Gasteiger partial charge < -0.3 is 5.73 Å². The van der Waals surface area contributed by atoms with Crippen molar-refractivity contribution in [2.24, 2.45) is 5.73 Å². The monoisotopic (exact) mass is 293 g/mol. The van der Waals surface area contributed by atoms with Gasteiger partial charge in [-0.2, -0.15) is 0 Å². The molecular weight excluding hydrogens is 273 g/mol. The number of hydrogen-bond donors (Lipinski definition) is 1. The molecule has 0 atom stereocenters. The van der Waals surface area contributed by atoms with Crippen LogP contribution in [0.1, 0.15) is 33.6 Å². The average Bonchev–Trinajstić information content (AvgIpc) is 2.59. The smallest absolute Gasteiger partial charge is 0.130 e. The van der Waals surface area contributed by atoms with Crippen molar-refractivity contribution in [3.8, 4) is 0 Å². The van der Waals surface area contributed by atoms with E-state index in [-0.39, 0.29) is 5.83 Å². The van der Waals surface area contributed by atoms with Crippen LogP contribution in [0.5, 0.6) is 0 Å². The van der Waals surface area contributed by atoms with Gasteiger partial charge in [0.05, 0.1) is 0 Å². The van der Waals surface area contributed by atoms with E-state index in [1.54, 1.807) is 0 Å². The quantitative estimate of drug-likeness (QED) is 0.686. The van der Waals surface area contributed by atoms with Crippen molar-refractivity contribution >= 4 is 11.6 Å². The van der Waals surface area contributed by atoms with E-state index in [0.29, 0.717) is 23.4 Å². The Bertz CT molecular complexity index is 560. The van der Waals surface area contributed by atoms with Crippen molar-refractivity contribution in [1.29, 1.82) is 0 Å². The molecule has 0 radical (unpaired) electrons. The molecule has 1 aliphatic carbocycles. The van der Waals surface area contributed by atoms with E-state index in [1.165, 1.54) is 6.08 Å². The van der Waals surface area contributed by atoms with Gasteiger partial charge in [-0.25, -0.2) is 4.39 Å². The highest BCUT2D eigenvalue weighted by Gasteiger charge is 2.16. The van der Waals surface area contributed by atoms with Crippen molar-refractivity contribution in [3.63, 3.8) is 0 Å². The lowest BCUT2D eigenvalue weighted by molar-refractivity contribution is 0.658. The van der Waals surface area contributed by atoms with Gasteiger partial charge in [0.1, 0.15) is 5.83 Å². The van der Waals surface area contributed by atoms with E-state index in [2.05, 4.69) is 6.58 Å². The van der Waals surface area contributed by atoms with E-state index in [1.807, 2.05) is 39.0 Å². The summed E-state index contributed by atoms with van der Waals surface area (Å²) in [6.07, 6.45) is 8.04. The van der Waals surface area contributed by atoms with Crippen molar-refractivity contribution in [2.75, 3.05) is 0 Å². The second-order valence-electron chi connectivity index (χ2n) is 4.78. The Morgan fingerprint density at radius 3 is 2.75 bits per heavy atom. The van der Waals surface area contributed by atoms with E-state index in [0.717, 1.165) is 22.4 Å². The predicted molar refractivity (Wildman–Crippen MR) is 85.9 cm³/mol. The van der Waals surface area contributed by atoms with Crippen LogP contribution in [-0.2, 0) is 0 Å². The number of allylic oxidation sites excluding steroid dienone is 10. The zero-order valence-electron chi connectivity index (χ0n) is 12.3. The van der Waals surface area contributed by atoms with Crippen LogP contribution in [0, 0.1) is 0 Å². The second-order valence-corrected chi connectivity index (χ2v) is 5.24. The fraction of sp³-hybridized carbons (Fsp3) is 0.294. The third kappa shape index (κ3) is 3.73. The summed E-state index contributed by atoms with van der Waals surface area (Å²) in [6.45, 7) is 9.25. The number of rotatable bonds is 4. The summed E-state index contributed by atoms with van der Waals surface area (Å²) in [5.41, 5.74) is 9.71. The lowest BCUT2D eigenvalue weighted by Gasteiger charge is -2.15. The van der Waals surface area contributed by atoms with Crippen LogP contribution in [0.4, 0.5) is 4.39 Å². The predicted octanol–water partition coefficient (Wildman–Crippen LogP) is 5.44. The minimum absolute atomic E-state index is 0.367. The minimum Gasteiger partial charge on any atom is -0.402 e. The van der Waals surface area contributed by atoms with Crippen LogP contribution < -0.4 is 5.73 Å². The minimum atomic E-state index is -0.367. The summed E-state index contributed by atoms with van der Waals surface area (Å²) < 4.78 is 14.3. The SMILES string of the molecule is C=C/C(F)=C(C1=C(C)CC(N)=CC=C1)\C(C)=C(\Cl)CC. The molecule has 0 saturated heterocycles. The second kappa shape index (κ2) is 7.30. The molecular formula is C17H21ClFN. The Morgan fingerprint density at radius 2 is 2.20 bits per heavy atom. The summed E-state index contributed by atoms with van der Waals surface area (Å²) in [5, 5.41) is 0.649. The first-order valence-corrected chi connectivity index (χ1v) is 7.00. The first kappa shape index (κ1) is 16.5. The van der Waals surface area contributed by atoms with Crippen LogP contribution >= 0.6 is 11.6 Å². The molecule has 0 aliphatic heterocycles. The summed E-state index contributed by atoms with van der Waals surface area (Å²) in [5.74, 6) is -0.367. The van der Waals surface area contributed by atoms with E-state index < -0.39 is 0 Å². The summed E-state index contributed by atoms with van der Waals surface area (Å²) in [6, 6.07) is 0. The van der Waals surface area contributed by atoms with Crippen LogP contribution in [-0.4, -0.2) is 0 Å². The Labute approximate surface area is 125 Å². The molecule has 0 saturated carbocycles. The van der Waals surface area contributed by atoms with Crippen LogP contribution in [0.3, 0.4) is 0 Å². The molecule has 0 fully saturated rings. The van der Waals surface area contributed by atoms with Gasteiger partial charge in [-0.1, -0.05) is 42.8 Å². The van der Waals surface area contributed by atoms with Crippen LogP contribution in [0.2, 0.25) is 0 Å². The molecule has 2 N–H and O–H groups in total. The van der Waals surface area contributed by atoms with Gasteiger partial charge >= 0.3 is 0 Å². The molecule has 0 heterocycles. The first-order valence-electron chi connectivity index (χ1n) is 6.63. The van der Waals surface area contributed by atoms with E-state index in [4.69, 9.17) is 17.3 Å². The van der Waals surface area contributed by atoms with Crippen molar-refractivity contribution < 1.29 is 4.39 Å². The van der Waals surface area contributed by atoms with Gasteiger partial charge in [0, 0.05) is 22.7 Å². The molecule has 1 rings (SSSR count). The fourth-order valence-electron chi connectivity index (χ4n) is 2.18. The highest BCUT2D eigenvalue weighted by Crippen LogP contribution is 2.34. The van der Waals surface area contributed by atoms with Gasteiger partial charge in [-0.15, -0.1) is 0 Å². The molecule has 0 amide bonds. The topological polar surface area (TPSA) is 26.0 Å². The Kier molecular flexibility index (Phi) is 6.03. The summed E-state index contributed by atoms with van der Waals surface area (Å²) in [7, 11) is 0. The van der Waals surface area contributed by atoms with Gasteiger partial charge in [0.2, 0.25) is 0 Å². The number of hydrogen-bond acceptors (Lipinski definition) is 1. The lowest BCUT2D eigenvalue weighted by Crippen LogP contribution is -2.00. The molecule has 108 valence electrons. The molecule has 1 aliphatic rings. The molecule has 0 bridgehead atoms. The van der Waals surface area contributed by atoms with Gasteiger partial charge in [0.25, 0.3) is 0 Å². The fourth-order valence-corrected chi connectivity index (χ4v) is 2.27. The molecule has 0 aromatic heterocycles. The Balaban J connectivity index is 3.50. The number of nitrogens with two attached hydrogens (primary N) is 1. The molecule has 1 nitrogen and oxygen atoms in total. The van der Waals surface area contributed by atoms with Gasteiger partial charge in [-0.05, 0) is 43.6 Å². The third-order valence-corrected chi connectivity index (χ3v) is 3.83. The van der Waals surface area contributed by atoms with E-state index in [9.17, 15) is 4.39 Å². The maximum Gasteiger partial charge on any atom is 0.130 e. The third-order valence-electron chi connectivity index (χ3n) is 3.28. The normalized spacial score (nSPS) is 18.1. The highest BCUT2D eigenvalue weighted by molar-refractivity contribution is 6.30. The van der Waals surface area contributed by atoms with Crippen LogP contribution in [0.15, 0.2) is 69.7 Å². The molecule has 0 spiro atoms. The van der Waals surface area contributed by atoms with Crippen LogP contribution in [0.25, 0.3) is 0 Å². The Hall–Kier alpha value is -1.54.